The summed E-state index contributed by atoms with van der Waals surface area (Å²) in [6.07, 6.45) is 0. The van der Waals surface area contributed by atoms with Crippen molar-refractivity contribution in [3.63, 3.8) is 0 Å². The molecule has 0 radical (unpaired) electrons. The number of rotatable bonds is 7. The first-order valence-corrected chi connectivity index (χ1v) is 14.3. The molecule has 0 spiro atoms. The number of benzene rings is 3. The third-order valence-electron chi connectivity index (χ3n) is 7.24. The summed E-state index contributed by atoms with van der Waals surface area (Å²) in [7, 11) is -0.689. The van der Waals surface area contributed by atoms with E-state index in [1.807, 2.05) is 0 Å². The number of aromatic nitrogens is 1. The summed E-state index contributed by atoms with van der Waals surface area (Å²) in [6, 6.07) is 18.3. The molecule has 0 atom stereocenters. The third kappa shape index (κ3) is 5.42. The molecule has 3 aromatic carbocycles. The van der Waals surface area contributed by atoms with Crippen molar-refractivity contribution in [2.45, 2.75) is 11.8 Å². The number of carbonyl (C=O) groups is 1. The second-order valence-electron chi connectivity index (χ2n) is 9.56. The quantitative estimate of drug-likeness (QED) is 0.310. The van der Waals surface area contributed by atoms with Crippen LogP contribution in [-0.4, -0.2) is 68.5 Å². The summed E-state index contributed by atoms with van der Waals surface area (Å²) >= 11 is 0. The van der Waals surface area contributed by atoms with Gasteiger partial charge in [-0.3, -0.25) is 4.79 Å². The zero-order chi connectivity index (χ0) is 29.3. The summed E-state index contributed by atoms with van der Waals surface area (Å²) in [4.78, 5) is 15.5. The highest BCUT2D eigenvalue weighted by atomic mass is 32.2. The van der Waals surface area contributed by atoms with E-state index in [1.165, 1.54) is 35.7 Å². The van der Waals surface area contributed by atoms with Crippen molar-refractivity contribution in [1.82, 2.24) is 13.8 Å². The number of nitrogens with zero attached hydrogens (tertiary/aromatic N) is 3. The summed E-state index contributed by atoms with van der Waals surface area (Å²) in [5.41, 5.74) is 2.15. The zero-order valence-corrected chi connectivity index (χ0v) is 23.6. The van der Waals surface area contributed by atoms with Crippen LogP contribution in [0.5, 0.6) is 11.5 Å². The zero-order valence-electron chi connectivity index (χ0n) is 22.8. The van der Waals surface area contributed by atoms with Crippen LogP contribution >= 0.6 is 0 Å². The molecule has 5 rings (SSSR count). The average Bonchev–Trinajstić information content (AvgIpc) is 3.33. The minimum atomic E-state index is -3.74. The van der Waals surface area contributed by atoms with Crippen molar-refractivity contribution in [2.75, 3.05) is 40.4 Å². The number of hydrogen-bond donors (Lipinski definition) is 0. The SMILES string of the molecule is COc1ccc(-c2cc(C(=O)N3CCN(S(=O)(=O)c4ccc(OC)cc4)CC3)c(C)n2-c2ccc(F)cc2F)cc1. The van der Waals surface area contributed by atoms with Gasteiger partial charge in [0.15, 0.2) is 0 Å². The van der Waals surface area contributed by atoms with Crippen LogP contribution in [0.3, 0.4) is 0 Å². The van der Waals surface area contributed by atoms with Crippen LogP contribution in [0.4, 0.5) is 8.78 Å². The van der Waals surface area contributed by atoms with Crippen LogP contribution in [0.1, 0.15) is 16.1 Å². The van der Waals surface area contributed by atoms with E-state index < -0.39 is 21.7 Å². The van der Waals surface area contributed by atoms with E-state index in [2.05, 4.69) is 0 Å². The minimum Gasteiger partial charge on any atom is -0.497 e. The summed E-state index contributed by atoms with van der Waals surface area (Å²) in [5.74, 6) is -0.595. The summed E-state index contributed by atoms with van der Waals surface area (Å²) in [6.45, 7) is 2.31. The number of amides is 1. The number of sulfonamides is 1. The number of piperazine rings is 1. The monoisotopic (exact) mass is 581 g/mol. The molecular formula is C30H29F2N3O5S. The van der Waals surface area contributed by atoms with Gasteiger partial charge in [-0.1, -0.05) is 0 Å². The van der Waals surface area contributed by atoms with Crippen molar-refractivity contribution < 1.29 is 31.5 Å². The first-order valence-electron chi connectivity index (χ1n) is 12.9. The predicted octanol–water partition coefficient (Wildman–Crippen LogP) is 4.89. The Labute approximate surface area is 237 Å². The fourth-order valence-electron chi connectivity index (χ4n) is 4.97. The molecule has 4 aromatic rings. The molecule has 1 aromatic heterocycles. The predicted molar refractivity (Wildman–Crippen MR) is 150 cm³/mol. The second kappa shape index (κ2) is 11.3. The Morgan fingerprint density at radius 2 is 1.39 bits per heavy atom. The lowest BCUT2D eigenvalue weighted by Gasteiger charge is -2.34. The van der Waals surface area contributed by atoms with Gasteiger partial charge in [-0.15, -0.1) is 0 Å². The average molecular weight is 582 g/mol. The summed E-state index contributed by atoms with van der Waals surface area (Å²) < 4.78 is 68.3. The van der Waals surface area contributed by atoms with Gasteiger partial charge in [-0.05, 0) is 79.2 Å². The van der Waals surface area contributed by atoms with E-state index in [9.17, 15) is 22.0 Å². The number of halogens is 2. The molecule has 1 fully saturated rings. The number of methoxy groups -OCH3 is 2. The molecule has 0 unspecified atom stereocenters. The molecule has 1 aliphatic heterocycles. The van der Waals surface area contributed by atoms with Crippen LogP contribution in [-0.2, 0) is 10.0 Å². The molecule has 41 heavy (non-hydrogen) atoms. The first kappa shape index (κ1) is 28.3. The fraction of sp³-hybridized carbons (Fsp3) is 0.233. The van der Waals surface area contributed by atoms with Crippen LogP contribution in [0.15, 0.2) is 77.7 Å². The van der Waals surface area contributed by atoms with E-state index in [4.69, 9.17) is 9.47 Å². The normalized spacial score (nSPS) is 14.2. The highest BCUT2D eigenvalue weighted by Crippen LogP contribution is 2.33. The highest BCUT2D eigenvalue weighted by Gasteiger charge is 2.32. The Balaban J connectivity index is 1.44. The molecular weight excluding hydrogens is 552 g/mol. The van der Waals surface area contributed by atoms with E-state index >= 15 is 0 Å². The Bertz CT molecular complexity index is 1680. The number of carbonyl (C=O) groups excluding carboxylic acids is 1. The number of ether oxygens (including phenoxy) is 2. The van der Waals surface area contributed by atoms with Gasteiger partial charge in [-0.25, -0.2) is 17.2 Å². The summed E-state index contributed by atoms with van der Waals surface area (Å²) in [5, 5.41) is 0. The van der Waals surface area contributed by atoms with Crippen molar-refractivity contribution in [3.8, 4) is 28.4 Å². The Hall–Kier alpha value is -4.22. The molecule has 1 aliphatic rings. The van der Waals surface area contributed by atoms with Gasteiger partial charge >= 0.3 is 0 Å². The van der Waals surface area contributed by atoms with Crippen LogP contribution in [0, 0.1) is 18.6 Å². The molecule has 0 saturated carbocycles. The maximum atomic E-state index is 15.0. The first-order chi connectivity index (χ1) is 19.6. The number of hydrogen-bond acceptors (Lipinski definition) is 5. The van der Waals surface area contributed by atoms with Gasteiger partial charge in [0.25, 0.3) is 5.91 Å². The van der Waals surface area contributed by atoms with Gasteiger partial charge in [0.2, 0.25) is 10.0 Å². The van der Waals surface area contributed by atoms with E-state index in [0.29, 0.717) is 34.0 Å². The smallest absolute Gasteiger partial charge is 0.255 e. The van der Waals surface area contributed by atoms with Crippen molar-refractivity contribution in [1.29, 1.82) is 0 Å². The van der Waals surface area contributed by atoms with E-state index in [1.54, 1.807) is 66.0 Å². The molecule has 0 N–H and O–H groups in total. The van der Waals surface area contributed by atoms with Crippen molar-refractivity contribution in [3.05, 3.63) is 95.7 Å². The van der Waals surface area contributed by atoms with Gasteiger partial charge in [0, 0.05) is 37.9 Å². The largest absolute Gasteiger partial charge is 0.497 e. The maximum Gasteiger partial charge on any atom is 0.255 e. The topological polar surface area (TPSA) is 81.1 Å². The molecule has 0 aliphatic carbocycles. The molecule has 1 saturated heterocycles. The van der Waals surface area contributed by atoms with Crippen LogP contribution in [0.25, 0.3) is 16.9 Å². The van der Waals surface area contributed by atoms with E-state index in [-0.39, 0.29) is 42.7 Å². The molecule has 11 heteroatoms. The fourth-order valence-corrected chi connectivity index (χ4v) is 6.39. The second-order valence-corrected chi connectivity index (χ2v) is 11.5. The minimum absolute atomic E-state index is 0.101. The molecule has 2 heterocycles. The van der Waals surface area contributed by atoms with Gasteiger partial charge < -0.3 is 18.9 Å². The lowest BCUT2D eigenvalue weighted by molar-refractivity contribution is 0.0697. The Morgan fingerprint density at radius 3 is 1.95 bits per heavy atom. The lowest BCUT2D eigenvalue weighted by atomic mass is 10.1. The van der Waals surface area contributed by atoms with Crippen molar-refractivity contribution >= 4 is 15.9 Å². The van der Waals surface area contributed by atoms with Crippen LogP contribution in [0.2, 0.25) is 0 Å². The molecule has 214 valence electrons. The van der Waals surface area contributed by atoms with Crippen molar-refractivity contribution in [2.24, 2.45) is 0 Å². The van der Waals surface area contributed by atoms with E-state index in [0.717, 1.165) is 6.07 Å². The van der Waals surface area contributed by atoms with Crippen LogP contribution < -0.4 is 9.47 Å². The third-order valence-corrected chi connectivity index (χ3v) is 9.15. The van der Waals surface area contributed by atoms with Gasteiger partial charge in [0.05, 0.1) is 36.1 Å². The molecule has 1 amide bonds. The van der Waals surface area contributed by atoms with Gasteiger partial charge in [0.1, 0.15) is 23.1 Å². The molecule has 8 nitrogen and oxygen atoms in total. The Kier molecular flexibility index (Phi) is 7.83. The molecule has 0 bridgehead atoms. The Morgan fingerprint density at radius 1 is 0.805 bits per heavy atom. The lowest BCUT2D eigenvalue weighted by Crippen LogP contribution is -2.50. The highest BCUT2D eigenvalue weighted by molar-refractivity contribution is 7.89. The van der Waals surface area contributed by atoms with Gasteiger partial charge in [-0.2, -0.15) is 4.31 Å². The maximum absolute atomic E-state index is 15.0. The standard InChI is InChI=1S/C30H29F2N3O5S/c1-20-26(30(36)33-14-16-34(17-15-33)41(37,38)25-11-9-24(40-3)10-12-25)19-29(21-4-7-23(39-2)8-5-21)35(20)28-13-6-22(31)18-27(28)32/h4-13,18-19H,14-17H2,1-3H3.